The van der Waals surface area contributed by atoms with E-state index < -0.39 is 11.9 Å². The highest BCUT2D eigenvalue weighted by Gasteiger charge is 2.02. The molecule has 0 unspecified atom stereocenters. The van der Waals surface area contributed by atoms with Gasteiger partial charge in [-0.3, -0.25) is 0 Å². The number of carboxylic acids is 2. The molecule has 0 spiro atoms. The van der Waals surface area contributed by atoms with E-state index in [2.05, 4.69) is 54.4 Å². The molecule has 118 valence electrons. The quantitative estimate of drug-likeness (QED) is 0.734. The first-order valence-electron chi connectivity index (χ1n) is 6.74. The third kappa shape index (κ3) is 6.23. The molecule has 1 aromatic carbocycles. The zero-order valence-corrected chi connectivity index (χ0v) is 12.6. The monoisotopic (exact) mass is 304 g/mol. The number of carbonyl (C=O) groups is 2. The second-order valence-electron chi connectivity index (χ2n) is 4.92. The molecule has 2 rings (SSSR count). The number of benzene rings is 1. The lowest BCUT2D eigenvalue weighted by Gasteiger charge is -2.07. The predicted octanol–water partition coefficient (Wildman–Crippen LogP) is 1.98. The van der Waals surface area contributed by atoms with Crippen LogP contribution in [-0.2, 0) is 16.0 Å². The number of likely N-dealkylation sites (N-methyl/N-ethyl adjacent to an activating group) is 1. The summed E-state index contributed by atoms with van der Waals surface area (Å²) in [5, 5.41) is 17.0. The summed E-state index contributed by atoms with van der Waals surface area (Å²) in [6, 6.07) is 8.45. The number of aromatic nitrogens is 1. The fraction of sp³-hybridized carbons (Fsp3) is 0.250. The maximum Gasteiger partial charge on any atom is 0.328 e. The summed E-state index contributed by atoms with van der Waals surface area (Å²) in [6.45, 7) is 1.10. The Balaban J connectivity index is 0.000000261. The van der Waals surface area contributed by atoms with Crippen LogP contribution in [0.15, 0.2) is 42.6 Å². The average molecular weight is 304 g/mol. The Labute approximate surface area is 128 Å². The molecule has 6 heteroatoms. The van der Waals surface area contributed by atoms with Gasteiger partial charge in [-0.25, -0.2) is 9.59 Å². The smallest absolute Gasteiger partial charge is 0.328 e. The summed E-state index contributed by atoms with van der Waals surface area (Å²) in [6.07, 6.45) is 4.34. The largest absolute Gasteiger partial charge is 0.478 e. The van der Waals surface area contributed by atoms with E-state index in [1.165, 1.54) is 16.5 Å². The number of aliphatic carboxylic acids is 2. The molecule has 3 N–H and O–H groups in total. The molecular formula is C16H20N2O4. The second-order valence-corrected chi connectivity index (χ2v) is 4.92. The van der Waals surface area contributed by atoms with Gasteiger partial charge in [0, 0.05) is 35.8 Å². The number of hydrogen-bond acceptors (Lipinski definition) is 3. The molecule has 0 aliphatic rings. The number of nitrogens with one attached hydrogen (secondary N) is 1. The number of H-pyrrole nitrogens is 1. The van der Waals surface area contributed by atoms with E-state index in [1.54, 1.807) is 0 Å². The zero-order chi connectivity index (χ0) is 16.5. The van der Waals surface area contributed by atoms with Crippen molar-refractivity contribution in [2.24, 2.45) is 0 Å². The van der Waals surface area contributed by atoms with Gasteiger partial charge in [0.2, 0.25) is 0 Å². The van der Waals surface area contributed by atoms with Crippen LogP contribution in [0.1, 0.15) is 5.56 Å². The van der Waals surface area contributed by atoms with Gasteiger partial charge in [0.05, 0.1) is 0 Å². The van der Waals surface area contributed by atoms with Crippen molar-refractivity contribution in [3.63, 3.8) is 0 Å². The minimum atomic E-state index is -1.26. The first-order valence-corrected chi connectivity index (χ1v) is 6.74. The maximum absolute atomic E-state index is 9.55. The highest BCUT2D eigenvalue weighted by molar-refractivity contribution is 5.89. The Hall–Kier alpha value is -2.60. The summed E-state index contributed by atoms with van der Waals surface area (Å²) in [7, 11) is 4.21. The summed E-state index contributed by atoms with van der Waals surface area (Å²) >= 11 is 0. The lowest BCUT2D eigenvalue weighted by Crippen LogP contribution is -2.14. The third-order valence-electron chi connectivity index (χ3n) is 2.87. The van der Waals surface area contributed by atoms with E-state index in [0.717, 1.165) is 13.0 Å². The first-order chi connectivity index (χ1) is 10.4. The number of carboxylic acid groups (broad SMARTS) is 2. The van der Waals surface area contributed by atoms with E-state index in [9.17, 15) is 9.59 Å². The highest BCUT2D eigenvalue weighted by atomic mass is 16.4. The van der Waals surface area contributed by atoms with Crippen molar-refractivity contribution in [3.8, 4) is 0 Å². The molecule has 0 radical (unpaired) electrons. The summed E-state index contributed by atoms with van der Waals surface area (Å²) in [5.74, 6) is -2.51. The molecule has 0 bridgehead atoms. The van der Waals surface area contributed by atoms with Gasteiger partial charge < -0.3 is 20.1 Å². The van der Waals surface area contributed by atoms with Crippen LogP contribution >= 0.6 is 0 Å². The maximum atomic E-state index is 9.55. The Bertz CT molecular complexity index is 643. The van der Waals surface area contributed by atoms with Crippen molar-refractivity contribution in [3.05, 3.63) is 48.2 Å². The molecule has 0 amide bonds. The van der Waals surface area contributed by atoms with Crippen LogP contribution in [0, 0.1) is 0 Å². The number of fused-ring (bicyclic) bond motifs is 1. The third-order valence-corrected chi connectivity index (χ3v) is 2.87. The molecule has 0 aliphatic carbocycles. The molecular weight excluding hydrogens is 284 g/mol. The van der Waals surface area contributed by atoms with Crippen molar-refractivity contribution in [1.29, 1.82) is 0 Å². The minimum Gasteiger partial charge on any atom is -0.478 e. The molecule has 0 atom stereocenters. The molecule has 0 saturated heterocycles. The van der Waals surface area contributed by atoms with Crippen molar-refractivity contribution in [2.45, 2.75) is 6.42 Å². The molecule has 0 fully saturated rings. The van der Waals surface area contributed by atoms with Crippen molar-refractivity contribution in [2.75, 3.05) is 20.6 Å². The van der Waals surface area contributed by atoms with Gasteiger partial charge in [0.15, 0.2) is 0 Å². The van der Waals surface area contributed by atoms with Crippen molar-refractivity contribution >= 4 is 22.8 Å². The Morgan fingerprint density at radius 1 is 1.14 bits per heavy atom. The number of hydrogen-bond donors (Lipinski definition) is 3. The number of para-hydroxylation sites is 1. The fourth-order valence-corrected chi connectivity index (χ4v) is 1.83. The molecule has 22 heavy (non-hydrogen) atoms. The first kappa shape index (κ1) is 17.5. The van der Waals surface area contributed by atoms with E-state index in [0.29, 0.717) is 12.2 Å². The van der Waals surface area contributed by atoms with Gasteiger partial charge in [0.1, 0.15) is 0 Å². The normalized spacial score (nSPS) is 10.7. The van der Waals surface area contributed by atoms with Crippen LogP contribution in [-0.4, -0.2) is 52.7 Å². The van der Waals surface area contributed by atoms with E-state index in [-0.39, 0.29) is 0 Å². The van der Waals surface area contributed by atoms with Crippen LogP contribution in [0.2, 0.25) is 0 Å². The Morgan fingerprint density at radius 2 is 1.73 bits per heavy atom. The van der Waals surface area contributed by atoms with Crippen molar-refractivity contribution in [1.82, 2.24) is 9.88 Å². The standard InChI is InChI=1S/C12H16N2.C4H4O4/c1-14(2)8-7-10-9-13-12-6-4-3-5-11(10)12;5-3(6)1-2-4(7)8/h3-6,9,13H,7-8H2,1-2H3;1-2H,(H,5,6)(H,7,8)/b;2-1+. The van der Waals surface area contributed by atoms with Gasteiger partial charge >= 0.3 is 11.9 Å². The SMILES string of the molecule is CN(C)CCc1c[nH]c2ccccc12.O=C(O)/C=C/C(=O)O. The minimum absolute atomic E-state index is 0.558. The summed E-state index contributed by atoms with van der Waals surface area (Å²) in [4.78, 5) is 24.6. The van der Waals surface area contributed by atoms with E-state index in [1.807, 2.05) is 0 Å². The molecule has 2 aromatic rings. The molecule has 0 saturated carbocycles. The van der Waals surface area contributed by atoms with Crippen LogP contribution in [0.5, 0.6) is 0 Å². The predicted molar refractivity (Wildman–Crippen MR) is 85.0 cm³/mol. The van der Waals surface area contributed by atoms with Crippen LogP contribution in [0.3, 0.4) is 0 Å². The molecule has 1 heterocycles. The fourth-order valence-electron chi connectivity index (χ4n) is 1.83. The van der Waals surface area contributed by atoms with Gasteiger partial charge in [-0.1, -0.05) is 18.2 Å². The molecule has 1 aromatic heterocycles. The number of aromatic amines is 1. The lowest BCUT2D eigenvalue weighted by molar-refractivity contribution is -0.134. The second kappa shape index (κ2) is 8.63. The van der Waals surface area contributed by atoms with Crippen LogP contribution < -0.4 is 0 Å². The zero-order valence-electron chi connectivity index (χ0n) is 12.6. The summed E-state index contributed by atoms with van der Waals surface area (Å²) < 4.78 is 0. The Morgan fingerprint density at radius 3 is 2.27 bits per heavy atom. The van der Waals surface area contributed by atoms with Crippen LogP contribution in [0.25, 0.3) is 10.9 Å². The van der Waals surface area contributed by atoms with Gasteiger partial charge in [-0.05, 0) is 32.1 Å². The van der Waals surface area contributed by atoms with Gasteiger partial charge in [-0.15, -0.1) is 0 Å². The Kier molecular flexibility index (Phi) is 6.85. The molecule has 6 nitrogen and oxygen atoms in total. The van der Waals surface area contributed by atoms with Gasteiger partial charge in [-0.2, -0.15) is 0 Å². The highest BCUT2D eigenvalue weighted by Crippen LogP contribution is 2.17. The summed E-state index contributed by atoms with van der Waals surface area (Å²) in [5.41, 5.74) is 2.65. The van der Waals surface area contributed by atoms with Crippen LogP contribution in [0.4, 0.5) is 0 Å². The van der Waals surface area contributed by atoms with E-state index >= 15 is 0 Å². The number of nitrogens with zero attached hydrogens (tertiary/aromatic N) is 1. The lowest BCUT2D eigenvalue weighted by atomic mass is 10.1. The average Bonchev–Trinajstić information content (AvgIpc) is 2.87. The van der Waals surface area contributed by atoms with Gasteiger partial charge in [0.25, 0.3) is 0 Å². The molecule has 0 aliphatic heterocycles. The number of rotatable bonds is 5. The van der Waals surface area contributed by atoms with E-state index in [4.69, 9.17) is 10.2 Å². The topological polar surface area (TPSA) is 93.6 Å². The van der Waals surface area contributed by atoms with Crippen molar-refractivity contribution < 1.29 is 19.8 Å².